The van der Waals surface area contributed by atoms with Crippen molar-refractivity contribution >= 4 is 34.7 Å². The van der Waals surface area contributed by atoms with Crippen LogP contribution in [0.1, 0.15) is 41.9 Å². The summed E-state index contributed by atoms with van der Waals surface area (Å²) < 4.78 is 11.1. The zero-order valence-corrected chi connectivity index (χ0v) is 21.0. The van der Waals surface area contributed by atoms with Crippen LogP contribution in [0.4, 0.5) is 5.69 Å². The number of hydrogen-bond acceptors (Lipinski definition) is 5. The fourth-order valence-corrected chi connectivity index (χ4v) is 5.60. The van der Waals surface area contributed by atoms with E-state index >= 15 is 0 Å². The van der Waals surface area contributed by atoms with Crippen molar-refractivity contribution in [2.45, 2.75) is 32.1 Å². The van der Waals surface area contributed by atoms with Gasteiger partial charge >= 0.3 is 0 Å². The highest BCUT2D eigenvalue weighted by molar-refractivity contribution is 6.34. The fraction of sp³-hybridized carbons (Fsp3) is 0.200. The van der Waals surface area contributed by atoms with Crippen LogP contribution in [-0.2, 0) is 4.79 Å². The predicted molar refractivity (Wildman–Crippen MR) is 144 cm³/mol. The van der Waals surface area contributed by atoms with Crippen LogP contribution >= 0.6 is 11.6 Å². The lowest BCUT2D eigenvalue weighted by Gasteiger charge is -2.42. The van der Waals surface area contributed by atoms with Crippen molar-refractivity contribution in [2.24, 2.45) is 0 Å². The summed E-state index contributed by atoms with van der Waals surface area (Å²) >= 11 is 6.61. The van der Waals surface area contributed by atoms with Crippen molar-refractivity contribution < 1.29 is 19.4 Å². The highest BCUT2D eigenvalue weighted by Gasteiger charge is 2.44. The molecule has 2 aliphatic heterocycles. The van der Waals surface area contributed by atoms with Crippen molar-refractivity contribution in [1.82, 2.24) is 0 Å². The van der Waals surface area contributed by atoms with Gasteiger partial charge in [-0.25, -0.2) is 0 Å². The van der Waals surface area contributed by atoms with E-state index in [4.69, 9.17) is 21.1 Å². The number of nitrogens with zero attached hydrogens (tertiary/aromatic N) is 1. The number of fused-ring (bicyclic) bond motifs is 1. The van der Waals surface area contributed by atoms with Gasteiger partial charge in [-0.05, 0) is 49.6 Å². The van der Waals surface area contributed by atoms with E-state index in [-0.39, 0.29) is 24.2 Å². The number of rotatable bonds is 3. The van der Waals surface area contributed by atoms with Crippen LogP contribution < -0.4 is 14.4 Å². The van der Waals surface area contributed by atoms with E-state index in [1.54, 1.807) is 11.0 Å². The van der Waals surface area contributed by atoms with Gasteiger partial charge in [-0.2, -0.15) is 0 Å². The quantitative estimate of drug-likeness (QED) is 0.371. The number of halogens is 1. The van der Waals surface area contributed by atoms with E-state index in [0.717, 1.165) is 16.8 Å². The van der Waals surface area contributed by atoms with Gasteiger partial charge in [0.2, 0.25) is 6.79 Å². The molecule has 1 atom stereocenters. The summed E-state index contributed by atoms with van der Waals surface area (Å²) in [5, 5.41) is 21.6. The average Bonchev–Trinajstić information content (AvgIpc) is 3.37. The molecule has 0 fully saturated rings. The highest BCUT2D eigenvalue weighted by atomic mass is 35.5. The number of ether oxygens (including phenoxy) is 2. The Morgan fingerprint density at radius 1 is 1.03 bits per heavy atom. The molecule has 2 N–H and O–H groups in total. The van der Waals surface area contributed by atoms with Gasteiger partial charge in [0, 0.05) is 34.7 Å². The molecule has 6 nitrogen and oxygen atoms in total. The Bertz CT molecular complexity index is 1510. The van der Waals surface area contributed by atoms with Crippen LogP contribution in [0.25, 0.3) is 5.76 Å². The summed E-state index contributed by atoms with van der Waals surface area (Å²) in [7, 11) is 0. The second-order valence-electron chi connectivity index (χ2n) is 9.45. The number of carbonyl (C=O) groups excluding carboxylic acids is 1. The minimum absolute atomic E-state index is 0.00248. The third-order valence-electron chi connectivity index (χ3n) is 7.16. The van der Waals surface area contributed by atoms with Crippen molar-refractivity contribution in [3.8, 4) is 11.5 Å². The summed E-state index contributed by atoms with van der Waals surface area (Å²) in [5.74, 6) is 0.603. The number of aliphatic hydroxyl groups excluding tert-OH is 1. The second kappa shape index (κ2) is 9.12. The molecule has 0 unspecified atom stereocenters. The average molecular weight is 513 g/mol. The van der Waals surface area contributed by atoms with E-state index in [2.05, 4.69) is 0 Å². The van der Waals surface area contributed by atoms with Crippen LogP contribution in [0.3, 0.4) is 0 Å². The Labute approximate surface area is 219 Å². The van der Waals surface area contributed by atoms with Gasteiger partial charge in [0.15, 0.2) is 17.3 Å². The monoisotopic (exact) mass is 512 g/mol. The Hall–Kier alpha value is -4.03. The number of aliphatic hydroxyl groups is 1. The van der Waals surface area contributed by atoms with Gasteiger partial charge in [-0.15, -0.1) is 0 Å². The largest absolute Gasteiger partial charge is 0.507 e. The molecule has 0 bridgehead atoms. The zero-order chi connectivity index (χ0) is 25.7. The van der Waals surface area contributed by atoms with Crippen LogP contribution in [-0.4, -0.2) is 23.5 Å². The first-order valence-electron chi connectivity index (χ1n) is 12.2. The van der Waals surface area contributed by atoms with Gasteiger partial charge in [0.1, 0.15) is 11.6 Å². The third kappa shape index (κ3) is 3.89. The van der Waals surface area contributed by atoms with E-state index in [9.17, 15) is 15.3 Å². The van der Waals surface area contributed by atoms with Gasteiger partial charge in [-0.3, -0.25) is 15.1 Å². The molecular weight excluding hydrogens is 488 g/mol. The Kier molecular flexibility index (Phi) is 5.76. The predicted octanol–water partition coefficient (Wildman–Crippen LogP) is 6.93. The summed E-state index contributed by atoms with van der Waals surface area (Å²) in [6.45, 7) is 2.10. The van der Waals surface area contributed by atoms with Crippen LogP contribution in [0, 0.1) is 12.3 Å². The maximum Gasteiger partial charge on any atom is 0.231 e. The SMILES string of the molecule is Cc1ccc(/C(O)=C2\C(=N)N(c3ccccc3Cl)C3=C(C(=O)CCC3)[C@H]2c2ccc3c(c2)OCO3)cc1. The van der Waals surface area contributed by atoms with Crippen molar-refractivity contribution in [2.75, 3.05) is 11.7 Å². The highest BCUT2D eigenvalue weighted by Crippen LogP contribution is 2.50. The number of allylic oxidation sites excluding steroid dienone is 2. The third-order valence-corrected chi connectivity index (χ3v) is 7.48. The molecule has 3 aliphatic rings. The molecule has 0 amide bonds. The molecule has 1 aliphatic carbocycles. The number of nitrogens with one attached hydrogen (secondary N) is 1. The first-order chi connectivity index (χ1) is 17.9. The number of carbonyl (C=O) groups is 1. The zero-order valence-electron chi connectivity index (χ0n) is 20.3. The Morgan fingerprint density at radius 2 is 1.78 bits per heavy atom. The van der Waals surface area contributed by atoms with Crippen LogP contribution in [0.15, 0.2) is 83.6 Å². The van der Waals surface area contributed by atoms with Crippen molar-refractivity contribution in [3.63, 3.8) is 0 Å². The molecule has 186 valence electrons. The van der Waals surface area contributed by atoms with Crippen molar-refractivity contribution in [1.29, 1.82) is 5.41 Å². The van der Waals surface area contributed by atoms with Gasteiger partial charge in [0.25, 0.3) is 0 Å². The molecule has 0 saturated heterocycles. The first-order valence-corrected chi connectivity index (χ1v) is 12.6. The topological polar surface area (TPSA) is 82.9 Å². The fourth-order valence-electron chi connectivity index (χ4n) is 5.38. The van der Waals surface area contributed by atoms with E-state index in [0.29, 0.717) is 58.2 Å². The number of anilines is 1. The lowest BCUT2D eigenvalue weighted by atomic mass is 9.73. The van der Waals surface area contributed by atoms with Gasteiger partial charge in [0.05, 0.1) is 10.7 Å². The number of amidine groups is 1. The molecule has 3 aromatic rings. The second-order valence-corrected chi connectivity index (χ2v) is 9.85. The number of ketones is 1. The summed E-state index contributed by atoms with van der Waals surface area (Å²) in [6, 6.07) is 20.3. The molecule has 0 saturated carbocycles. The Morgan fingerprint density at radius 3 is 2.57 bits per heavy atom. The van der Waals surface area contributed by atoms with Crippen LogP contribution in [0.2, 0.25) is 5.02 Å². The van der Waals surface area contributed by atoms with E-state index < -0.39 is 5.92 Å². The number of para-hydroxylation sites is 1. The van der Waals surface area contributed by atoms with E-state index in [1.807, 2.05) is 67.6 Å². The molecule has 3 aromatic carbocycles. The normalized spacial score (nSPS) is 20.3. The smallest absolute Gasteiger partial charge is 0.231 e. The summed E-state index contributed by atoms with van der Waals surface area (Å²) in [6.07, 6.45) is 1.71. The maximum atomic E-state index is 13.6. The number of Topliss-reactive ketones (excluding diaryl/α,β-unsaturated/α-hetero) is 1. The number of benzene rings is 3. The lowest BCUT2D eigenvalue weighted by Crippen LogP contribution is -2.42. The molecule has 2 heterocycles. The molecule has 0 radical (unpaired) electrons. The minimum atomic E-state index is -0.648. The molecule has 37 heavy (non-hydrogen) atoms. The lowest BCUT2D eigenvalue weighted by molar-refractivity contribution is -0.116. The van der Waals surface area contributed by atoms with Gasteiger partial charge < -0.3 is 14.6 Å². The first kappa shape index (κ1) is 23.4. The molecule has 0 spiro atoms. The van der Waals surface area contributed by atoms with Crippen molar-refractivity contribution in [3.05, 3.63) is 105 Å². The molecule has 0 aromatic heterocycles. The molecular formula is C30H25ClN2O4. The van der Waals surface area contributed by atoms with E-state index in [1.165, 1.54) is 0 Å². The number of hydrogen-bond donors (Lipinski definition) is 2. The molecule has 7 heteroatoms. The summed E-state index contributed by atoms with van der Waals surface area (Å²) in [5.41, 5.74) is 4.66. The minimum Gasteiger partial charge on any atom is -0.507 e. The number of aryl methyl sites for hydroxylation is 1. The molecule has 6 rings (SSSR count). The van der Waals surface area contributed by atoms with Crippen LogP contribution in [0.5, 0.6) is 11.5 Å². The summed E-state index contributed by atoms with van der Waals surface area (Å²) in [4.78, 5) is 15.3. The standard InChI is InChI=1S/C30H25ClN2O4/c1-17-9-11-18(12-10-17)29(35)28-26(19-13-14-24-25(15-19)37-16-36-24)27-22(7-4-8-23(27)34)33(30(28)32)21-6-3-2-5-20(21)31/h2-3,5-6,9-15,26,32,35H,4,7-8,16H2,1H3/b29-28+,32-30?/t26-/m1/s1. The Balaban J connectivity index is 1.65. The van der Waals surface area contributed by atoms with Gasteiger partial charge in [-0.1, -0.05) is 59.6 Å². The maximum absolute atomic E-state index is 13.6.